The average molecular weight is 256 g/mol. The van der Waals surface area contributed by atoms with E-state index in [9.17, 15) is 0 Å². The van der Waals surface area contributed by atoms with Crippen LogP contribution in [0.4, 0.5) is 0 Å². The first-order valence-corrected chi connectivity index (χ1v) is 6.43. The molecular weight excluding hydrogens is 244 g/mol. The average Bonchev–Trinajstić information content (AvgIpc) is 2.45. The second-order valence-electron chi connectivity index (χ2n) is 3.60. The molecule has 0 aliphatic heterocycles. The molecule has 0 aliphatic carbocycles. The molecule has 1 aromatic heterocycles. The van der Waals surface area contributed by atoms with Crippen molar-refractivity contribution in [1.29, 1.82) is 5.26 Å². The maximum atomic E-state index is 8.90. The summed E-state index contributed by atoms with van der Waals surface area (Å²) in [5.41, 5.74) is 1.65. The molecule has 0 radical (unpaired) electrons. The molecule has 0 amide bonds. The standard InChI is InChI=1S/C14H12N2OS/c1-17-13-6-5-11(9-15)8-12(13)10-18-14-4-2-3-7-16-14/h2-8H,10H2,1H3. The molecule has 0 saturated heterocycles. The predicted molar refractivity (Wildman–Crippen MR) is 71.5 cm³/mol. The number of nitrogens with zero attached hydrogens (tertiary/aromatic N) is 2. The second kappa shape index (κ2) is 6.08. The number of hydrogen-bond donors (Lipinski definition) is 0. The molecule has 0 N–H and O–H groups in total. The number of aromatic nitrogens is 1. The molecule has 0 aliphatic rings. The maximum Gasteiger partial charge on any atom is 0.122 e. The van der Waals surface area contributed by atoms with Crippen LogP contribution in [0.25, 0.3) is 0 Å². The monoisotopic (exact) mass is 256 g/mol. The Morgan fingerprint density at radius 2 is 2.22 bits per heavy atom. The highest BCUT2D eigenvalue weighted by atomic mass is 32.2. The highest BCUT2D eigenvalue weighted by Crippen LogP contribution is 2.27. The van der Waals surface area contributed by atoms with Gasteiger partial charge >= 0.3 is 0 Å². The number of nitriles is 1. The third-order valence-electron chi connectivity index (χ3n) is 2.42. The van der Waals surface area contributed by atoms with E-state index in [2.05, 4.69) is 11.1 Å². The largest absolute Gasteiger partial charge is 0.496 e. The first-order valence-electron chi connectivity index (χ1n) is 5.44. The van der Waals surface area contributed by atoms with Gasteiger partial charge in [0.15, 0.2) is 0 Å². The van der Waals surface area contributed by atoms with Crippen LogP contribution in [0.2, 0.25) is 0 Å². The third-order valence-corrected chi connectivity index (χ3v) is 3.42. The number of ether oxygens (including phenoxy) is 1. The van der Waals surface area contributed by atoms with E-state index in [0.29, 0.717) is 5.56 Å². The van der Waals surface area contributed by atoms with Gasteiger partial charge in [0, 0.05) is 17.5 Å². The van der Waals surface area contributed by atoms with Gasteiger partial charge in [0.05, 0.1) is 23.8 Å². The van der Waals surface area contributed by atoms with E-state index in [1.54, 1.807) is 31.1 Å². The fourth-order valence-corrected chi connectivity index (χ4v) is 2.38. The second-order valence-corrected chi connectivity index (χ2v) is 4.59. The van der Waals surface area contributed by atoms with Gasteiger partial charge in [-0.3, -0.25) is 0 Å². The summed E-state index contributed by atoms with van der Waals surface area (Å²) in [6.07, 6.45) is 1.77. The Kier molecular flexibility index (Phi) is 4.21. The number of thioether (sulfide) groups is 1. The Morgan fingerprint density at radius 1 is 1.33 bits per heavy atom. The SMILES string of the molecule is COc1ccc(C#N)cc1CSc1ccccn1. The van der Waals surface area contributed by atoms with E-state index in [0.717, 1.165) is 22.1 Å². The zero-order valence-corrected chi connectivity index (χ0v) is 10.8. The van der Waals surface area contributed by atoms with Gasteiger partial charge in [0.2, 0.25) is 0 Å². The van der Waals surface area contributed by atoms with Crippen molar-refractivity contribution in [3.05, 3.63) is 53.7 Å². The number of rotatable bonds is 4. The zero-order valence-electron chi connectivity index (χ0n) is 9.96. The molecule has 1 heterocycles. The van der Waals surface area contributed by atoms with Gasteiger partial charge in [-0.15, -0.1) is 11.8 Å². The molecule has 0 fully saturated rings. The lowest BCUT2D eigenvalue weighted by Gasteiger charge is -2.08. The number of benzene rings is 1. The Morgan fingerprint density at radius 3 is 2.89 bits per heavy atom. The molecule has 0 bridgehead atoms. The zero-order chi connectivity index (χ0) is 12.8. The Hall–Kier alpha value is -1.99. The van der Waals surface area contributed by atoms with Gasteiger partial charge in [0.25, 0.3) is 0 Å². The molecule has 2 rings (SSSR count). The topological polar surface area (TPSA) is 45.9 Å². The highest BCUT2D eigenvalue weighted by Gasteiger charge is 2.05. The highest BCUT2D eigenvalue weighted by molar-refractivity contribution is 7.98. The van der Waals surface area contributed by atoms with Crippen molar-refractivity contribution in [3.8, 4) is 11.8 Å². The van der Waals surface area contributed by atoms with E-state index < -0.39 is 0 Å². The third kappa shape index (κ3) is 3.02. The van der Waals surface area contributed by atoms with Gasteiger partial charge in [-0.2, -0.15) is 5.26 Å². The van der Waals surface area contributed by atoms with Crippen LogP contribution in [0.1, 0.15) is 11.1 Å². The summed E-state index contributed by atoms with van der Waals surface area (Å²) in [6.45, 7) is 0. The van der Waals surface area contributed by atoms with Crippen LogP contribution >= 0.6 is 11.8 Å². The van der Waals surface area contributed by atoms with Gasteiger partial charge in [0.1, 0.15) is 5.75 Å². The number of pyridine rings is 1. The smallest absolute Gasteiger partial charge is 0.122 e. The van der Waals surface area contributed by atoms with E-state index in [-0.39, 0.29) is 0 Å². The Bertz CT molecular complexity index is 564. The summed E-state index contributed by atoms with van der Waals surface area (Å²) in [4.78, 5) is 4.25. The maximum absolute atomic E-state index is 8.90. The van der Waals surface area contributed by atoms with Gasteiger partial charge in [-0.25, -0.2) is 4.98 Å². The van der Waals surface area contributed by atoms with Crippen molar-refractivity contribution < 1.29 is 4.74 Å². The van der Waals surface area contributed by atoms with Gasteiger partial charge < -0.3 is 4.74 Å². The van der Waals surface area contributed by atoms with Crippen molar-refractivity contribution in [3.63, 3.8) is 0 Å². The Labute approximate surface area is 110 Å². The van der Waals surface area contributed by atoms with Gasteiger partial charge in [-0.1, -0.05) is 6.07 Å². The summed E-state index contributed by atoms with van der Waals surface area (Å²) in [5.74, 6) is 1.54. The van der Waals surface area contributed by atoms with Crippen LogP contribution in [0.3, 0.4) is 0 Å². The molecule has 90 valence electrons. The lowest BCUT2D eigenvalue weighted by molar-refractivity contribution is 0.411. The summed E-state index contributed by atoms with van der Waals surface area (Å²) in [7, 11) is 1.64. The minimum absolute atomic E-state index is 0.646. The van der Waals surface area contributed by atoms with Crippen molar-refractivity contribution in [1.82, 2.24) is 4.98 Å². The molecule has 18 heavy (non-hydrogen) atoms. The summed E-state index contributed by atoms with van der Waals surface area (Å²) in [6, 6.07) is 13.4. The minimum Gasteiger partial charge on any atom is -0.496 e. The van der Waals surface area contributed by atoms with Crippen LogP contribution in [-0.4, -0.2) is 12.1 Å². The fraction of sp³-hybridized carbons (Fsp3) is 0.143. The van der Waals surface area contributed by atoms with Crippen LogP contribution in [0.5, 0.6) is 5.75 Å². The predicted octanol–water partition coefficient (Wildman–Crippen LogP) is 3.25. The Balaban J connectivity index is 2.15. The molecule has 1 aromatic carbocycles. The lowest BCUT2D eigenvalue weighted by Crippen LogP contribution is -1.92. The van der Waals surface area contributed by atoms with Crippen molar-refractivity contribution >= 4 is 11.8 Å². The number of hydrogen-bond acceptors (Lipinski definition) is 4. The normalized spacial score (nSPS) is 9.78. The van der Waals surface area contributed by atoms with E-state index in [4.69, 9.17) is 10.00 Å². The lowest BCUT2D eigenvalue weighted by atomic mass is 10.1. The van der Waals surface area contributed by atoms with E-state index in [1.165, 1.54) is 0 Å². The molecular formula is C14H12N2OS. The minimum atomic E-state index is 0.646. The van der Waals surface area contributed by atoms with E-state index >= 15 is 0 Å². The molecule has 0 spiro atoms. The molecule has 3 nitrogen and oxygen atoms in total. The van der Waals surface area contributed by atoms with Crippen molar-refractivity contribution in [2.75, 3.05) is 7.11 Å². The first kappa shape index (κ1) is 12.5. The van der Waals surface area contributed by atoms with Crippen molar-refractivity contribution in [2.24, 2.45) is 0 Å². The molecule has 2 aromatic rings. The van der Waals surface area contributed by atoms with Crippen molar-refractivity contribution in [2.45, 2.75) is 10.8 Å². The molecule has 4 heteroatoms. The van der Waals surface area contributed by atoms with E-state index in [1.807, 2.05) is 30.3 Å². The molecule has 0 unspecified atom stereocenters. The molecule has 0 atom stereocenters. The van der Waals surface area contributed by atoms with Crippen LogP contribution in [0.15, 0.2) is 47.6 Å². The van der Waals surface area contributed by atoms with Crippen LogP contribution in [0, 0.1) is 11.3 Å². The van der Waals surface area contributed by atoms with Gasteiger partial charge in [-0.05, 0) is 30.3 Å². The fourth-order valence-electron chi connectivity index (χ4n) is 1.55. The molecule has 0 saturated carbocycles. The summed E-state index contributed by atoms with van der Waals surface area (Å²) in [5, 5.41) is 9.86. The van der Waals surface area contributed by atoms with Crippen LogP contribution < -0.4 is 4.74 Å². The van der Waals surface area contributed by atoms with Crippen LogP contribution in [-0.2, 0) is 5.75 Å². The summed E-state index contributed by atoms with van der Waals surface area (Å²) < 4.78 is 5.29. The number of methoxy groups -OCH3 is 1. The summed E-state index contributed by atoms with van der Waals surface area (Å²) >= 11 is 1.62. The quantitative estimate of drug-likeness (QED) is 0.788. The first-order chi connectivity index (χ1) is 8.83.